The molecule has 0 radical (unpaired) electrons. The number of phosphoric ester groups is 1. The molecule has 0 aromatic rings. The summed E-state index contributed by atoms with van der Waals surface area (Å²) in [6.07, 6.45) is 78.6. The third kappa shape index (κ3) is 57.8. The Hall–Kier alpha value is -3.33. The molecule has 418 valence electrons. The highest BCUT2D eigenvalue weighted by molar-refractivity contribution is 7.47. The van der Waals surface area contributed by atoms with Crippen LogP contribution >= 0.6 is 7.82 Å². The lowest BCUT2D eigenvalue weighted by Crippen LogP contribution is -2.29. The van der Waals surface area contributed by atoms with Crippen LogP contribution < -0.4 is 5.73 Å². The van der Waals surface area contributed by atoms with Crippen LogP contribution in [0.4, 0.5) is 0 Å². The van der Waals surface area contributed by atoms with Gasteiger partial charge in [0.2, 0.25) is 0 Å². The number of esters is 2. The van der Waals surface area contributed by atoms with Crippen LogP contribution in [0.1, 0.15) is 245 Å². The molecule has 0 aliphatic carbocycles. The molecule has 0 aliphatic heterocycles. The van der Waals surface area contributed by atoms with Crippen LogP contribution in [-0.4, -0.2) is 49.3 Å². The van der Waals surface area contributed by atoms with E-state index < -0.39 is 32.5 Å². The van der Waals surface area contributed by atoms with Crippen molar-refractivity contribution in [2.45, 2.75) is 251 Å². The Morgan fingerprint density at radius 2 is 0.753 bits per heavy atom. The summed E-state index contributed by atoms with van der Waals surface area (Å²) in [7, 11) is -4.41. The number of rotatable bonds is 54. The SMILES string of the molecule is CC/C=C\C/C=C\C/C=C\C/C=C\C/C=C\C/C=C\C/C=C\C/C=C\CCCCC(=O)OC(COC(=O)CCCCCCCCCCCCCCC/C=C\CCCCCCCCCC)COP(=O)(O)OCCN. The molecular formula is C63H108NO8P. The number of hydrogen-bond acceptors (Lipinski definition) is 8. The molecule has 0 spiro atoms. The van der Waals surface area contributed by atoms with Crippen LogP contribution in [0, 0.1) is 0 Å². The van der Waals surface area contributed by atoms with E-state index >= 15 is 0 Å². The predicted octanol–water partition coefficient (Wildman–Crippen LogP) is 18.6. The molecule has 2 atom stereocenters. The molecule has 0 aromatic carbocycles. The number of phosphoric acid groups is 1. The van der Waals surface area contributed by atoms with Crippen LogP contribution in [-0.2, 0) is 32.7 Å². The molecule has 0 aliphatic rings. The lowest BCUT2D eigenvalue weighted by atomic mass is 10.0. The van der Waals surface area contributed by atoms with E-state index in [0.717, 1.165) is 83.5 Å². The number of allylic oxidation sites excluding steroid dienone is 18. The smallest absolute Gasteiger partial charge is 0.462 e. The molecule has 0 rings (SSSR count). The lowest BCUT2D eigenvalue weighted by molar-refractivity contribution is -0.161. The van der Waals surface area contributed by atoms with Gasteiger partial charge in [-0.2, -0.15) is 0 Å². The first kappa shape index (κ1) is 69.7. The number of carbonyl (C=O) groups is 2. The van der Waals surface area contributed by atoms with Gasteiger partial charge in [0.25, 0.3) is 0 Å². The van der Waals surface area contributed by atoms with Gasteiger partial charge in [0, 0.05) is 19.4 Å². The van der Waals surface area contributed by atoms with Gasteiger partial charge < -0.3 is 20.1 Å². The summed E-state index contributed by atoms with van der Waals surface area (Å²) in [6.45, 7) is 3.58. The molecule has 9 nitrogen and oxygen atoms in total. The largest absolute Gasteiger partial charge is 0.472 e. The Bertz CT molecular complexity index is 1560. The maximum Gasteiger partial charge on any atom is 0.472 e. The van der Waals surface area contributed by atoms with Crippen molar-refractivity contribution < 1.29 is 37.6 Å². The van der Waals surface area contributed by atoms with Crippen LogP contribution in [0.3, 0.4) is 0 Å². The van der Waals surface area contributed by atoms with Crippen molar-refractivity contribution in [1.29, 1.82) is 0 Å². The van der Waals surface area contributed by atoms with Crippen LogP contribution in [0.5, 0.6) is 0 Å². The first-order valence-corrected chi connectivity index (χ1v) is 30.9. The van der Waals surface area contributed by atoms with E-state index in [1.54, 1.807) is 0 Å². The van der Waals surface area contributed by atoms with E-state index in [1.807, 2.05) is 0 Å². The molecule has 3 N–H and O–H groups in total. The summed E-state index contributed by atoms with van der Waals surface area (Å²) in [5.41, 5.74) is 5.38. The maximum atomic E-state index is 12.7. The molecule has 0 amide bonds. The van der Waals surface area contributed by atoms with Gasteiger partial charge in [-0.15, -0.1) is 0 Å². The van der Waals surface area contributed by atoms with Crippen molar-refractivity contribution in [1.82, 2.24) is 0 Å². The van der Waals surface area contributed by atoms with Gasteiger partial charge in [0.1, 0.15) is 6.61 Å². The maximum absolute atomic E-state index is 12.7. The molecular weight excluding hydrogens is 930 g/mol. The highest BCUT2D eigenvalue weighted by atomic mass is 31.2. The highest BCUT2D eigenvalue weighted by Gasteiger charge is 2.26. The Morgan fingerprint density at radius 3 is 1.16 bits per heavy atom. The van der Waals surface area contributed by atoms with E-state index in [1.165, 1.54) is 128 Å². The summed E-state index contributed by atoms with van der Waals surface area (Å²) in [5, 5.41) is 0. The fourth-order valence-electron chi connectivity index (χ4n) is 7.82. The lowest BCUT2D eigenvalue weighted by Gasteiger charge is -2.19. The minimum atomic E-state index is -4.41. The molecule has 0 fully saturated rings. The Morgan fingerprint density at radius 1 is 0.425 bits per heavy atom. The fraction of sp³-hybridized carbons (Fsp3) is 0.683. The van der Waals surface area contributed by atoms with Crippen molar-refractivity contribution in [3.05, 3.63) is 109 Å². The Labute approximate surface area is 448 Å². The summed E-state index contributed by atoms with van der Waals surface area (Å²) in [6, 6.07) is 0. The van der Waals surface area contributed by atoms with Crippen molar-refractivity contribution >= 4 is 19.8 Å². The zero-order chi connectivity index (χ0) is 53.1. The summed E-state index contributed by atoms with van der Waals surface area (Å²) in [4.78, 5) is 35.2. The number of hydrogen-bond donors (Lipinski definition) is 2. The van der Waals surface area contributed by atoms with Gasteiger partial charge in [-0.1, -0.05) is 239 Å². The van der Waals surface area contributed by atoms with Gasteiger partial charge in [0.05, 0.1) is 13.2 Å². The summed E-state index contributed by atoms with van der Waals surface area (Å²) in [5.74, 6) is -0.881. The minimum Gasteiger partial charge on any atom is -0.462 e. The third-order valence-electron chi connectivity index (χ3n) is 12.1. The first-order chi connectivity index (χ1) is 35.8. The average molecular weight is 1040 g/mol. The van der Waals surface area contributed by atoms with Gasteiger partial charge in [-0.05, 0) is 103 Å². The predicted molar refractivity (Wildman–Crippen MR) is 311 cm³/mol. The molecule has 0 saturated carbocycles. The minimum absolute atomic E-state index is 0.0408. The summed E-state index contributed by atoms with van der Waals surface area (Å²) >= 11 is 0. The normalized spacial score (nSPS) is 13.9. The Balaban J connectivity index is 4.09. The number of carbonyl (C=O) groups excluding carboxylic acids is 2. The van der Waals surface area contributed by atoms with Crippen molar-refractivity contribution in [2.75, 3.05) is 26.4 Å². The monoisotopic (exact) mass is 1040 g/mol. The molecule has 0 bridgehead atoms. The second kappa shape index (κ2) is 57.9. The molecule has 0 aromatic heterocycles. The van der Waals surface area contributed by atoms with Gasteiger partial charge in [-0.3, -0.25) is 18.6 Å². The highest BCUT2D eigenvalue weighted by Crippen LogP contribution is 2.43. The fourth-order valence-corrected chi connectivity index (χ4v) is 8.59. The number of ether oxygens (including phenoxy) is 2. The van der Waals surface area contributed by atoms with Crippen molar-refractivity contribution in [3.8, 4) is 0 Å². The Kier molecular flexibility index (Phi) is 55.3. The molecule has 0 saturated heterocycles. The van der Waals surface area contributed by atoms with Gasteiger partial charge in [0.15, 0.2) is 6.10 Å². The second-order valence-corrected chi connectivity index (χ2v) is 20.6. The topological polar surface area (TPSA) is 134 Å². The standard InChI is InChI=1S/C63H108NO8P/c1-3-5-7-9-11-13-15-17-19-21-23-25-27-29-30-32-34-36-38-40-42-44-46-48-50-52-54-56-63(66)72-61(60-71-73(67,68)70-58-57-64)59-69-62(65)55-53-51-49-47-45-43-41-39-37-35-33-31-28-26-24-22-20-18-16-14-12-10-8-6-4-2/h5,7,11,13,17,19,22-25,29-30,34,36,40,42,46,48,61H,3-4,6,8-10,12,14-16,18,20-21,26-28,31-33,35,37-39,41,43-45,47,49-60,64H2,1-2H3,(H,67,68)/b7-5-,13-11-,19-17-,24-22-,25-23-,30-29-,36-34-,42-40-,48-46-. The molecule has 73 heavy (non-hydrogen) atoms. The first-order valence-electron chi connectivity index (χ1n) is 29.4. The zero-order valence-electron chi connectivity index (χ0n) is 46.6. The van der Waals surface area contributed by atoms with Crippen molar-refractivity contribution in [3.63, 3.8) is 0 Å². The quantitative estimate of drug-likeness (QED) is 0.0264. The van der Waals surface area contributed by atoms with Crippen LogP contribution in [0.15, 0.2) is 109 Å². The second-order valence-electron chi connectivity index (χ2n) is 19.1. The van der Waals surface area contributed by atoms with Crippen LogP contribution in [0.25, 0.3) is 0 Å². The average Bonchev–Trinajstić information content (AvgIpc) is 3.38. The van der Waals surface area contributed by atoms with Gasteiger partial charge >= 0.3 is 19.8 Å². The van der Waals surface area contributed by atoms with E-state index in [4.69, 9.17) is 24.3 Å². The van der Waals surface area contributed by atoms with E-state index in [0.29, 0.717) is 6.42 Å². The number of nitrogens with two attached hydrogens (primary N) is 1. The van der Waals surface area contributed by atoms with E-state index in [9.17, 15) is 19.0 Å². The van der Waals surface area contributed by atoms with Crippen LogP contribution in [0.2, 0.25) is 0 Å². The molecule has 0 heterocycles. The third-order valence-corrected chi connectivity index (χ3v) is 13.1. The summed E-state index contributed by atoms with van der Waals surface area (Å²) < 4.78 is 33.0. The van der Waals surface area contributed by atoms with Crippen molar-refractivity contribution in [2.24, 2.45) is 5.73 Å². The molecule has 10 heteroatoms. The zero-order valence-corrected chi connectivity index (χ0v) is 47.5. The van der Waals surface area contributed by atoms with E-state index in [2.05, 4.69) is 123 Å². The van der Waals surface area contributed by atoms with E-state index in [-0.39, 0.29) is 32.6 Å². The van der Waals surface area contributed by atoms with Gasteiger partial charge in [-0.25, -0.2) is 4.57 Å². The number of unbranched alkanes of at least 4 members (excludes halogenated alkanes) is 23. The molecule has 2 unspecified atom stereocenters.